The first-order chi connectivity index (χ1) is 14.3. The number of hydrogen-bond acceptors (Lipinski definition) is 7. The molecule has 2 aromatic rings. The minimum absolute atomic E-state index is 0.0114. The molecule has 0 spiro atoms. The summed E-state index contributed by atoms with van der Waals surface area (Å²) in [6.07, 6.45) is 1.55. The molecule has 0 aromatic heterocycles. The van der Waals surface area contributed by atoms with Crippen LogP contribution in [0.5, 0.6) is 11.5 Å². The van der Waals surface area contributed by atoms with Crippen molar-refractivity contribution in [3.05, 3.63) is 47.5 Å². The van der Waals surface area contributed by atoms with Crippen LogP contribution in [0.25, 0.3) is 0 Å². The topological polar surface area (TPSA) is 122 Å². The zero-order valence-corrected chi connectivity index (χ0v) is 17.4. The number of phenolic OH excluding ortho intramolecular Hbond substituents is 1. The predicted molar refractivity (Wildman–Crippen MR) is 108 cm³/mol. The molecule has 30 heavy (non-hydrogen) atoms. The van der Waals surface area contributed by atoms with Crippen LogP contribution in [0.2, 0.25) is 0 Å². The maximum Gasteiger partial charge on any atom is 0.341 e. The van der Waals surface area contributed by atoms with E-state index in [1.807, 2.05) is 0 Å². The third kappa shape index (κ3) is 4.10. The highest BCUT2D eigenvalue weighted by atomic mass is 32.2. The summed E-state index contributed by atoms with van der Waals surface area (Å²) >= 11 is 0. The van der Waals surface area contributed by atoms with Gasteiger partial charge in [0.15, 0.2) is 5.75 Å². The number of sulfonamides is 1. The summed E-state index contributed by atoms with van der Waals surface area (Å²) in [6.45, 7) is 0.826. The van der Waals surface area contributed by atoms with Crippen LogP contribution >= 0.6 is 0 Å². The Hall–Kier alpha value is -3.11. The number of amides is 1. The summed E-state index contributed by atoms with van der Waals surface area (Å²) < 4.78 is 37.1. The van der Waals surface area contributed by atoms with Crippen molar-refractivity contribution in [2.24, 2.45) is 0 Å². The fourth-order valence-corrected chi connectivity index (χ4v) is 4.90. The Labute approximate surface area is 174 Å². The molecule has 1 heterocycles. The monoisotopic (exact) mass is 434 g/mol. The number of anilines is 1. The van der Waals surface area contributed by atoms with Gasteiger partial charge in [-0.05, 0) is 43.2 Å². The lowest BCUT2D eigenvalue weighted by Gasteiger charge is -2.18. The molecule has 0 saturated carbocycles. The Kier molecular flexibility index (Phi) is 6.28. The zero-order valence-electron chi connectivity index (χ0n) is 16.5. The van der Waals surface area contributed by atoms with Gasteiger partial charge in [0.25, 0.3) is 5.91 Å². The van der Waals surface area contributed by atoms with E-state index in [1.54, 1.807) is 0 Å². The van der Waals surface area contributed by atoms with E-state index in [2.05, 4.69) is 10.1 Å². The van der Waals surface area contributed by atoms with Crippen molar-refractivity contribution in [1.82, 2.24) is 4.31 Å². The Balaban J connectivity index is 1.93. The number of benzene rings is 2. The van der Waals surface area contributed by atoms with Gasteiger partial charge in [0.1, 0.15) is 16.2 Å². The van der Waals surface area contributed by atoms with E-state index in [0.29, 0.717) is 13.1 Å². The second-order valence-electron chi connectivity index (χ2n) is 6.62. The molecule has 160 valence electrons. The fourth-order valence-electron chi connectivity index (χ4n) is 3.20. The van der Waals surface area contributed by atoms with Crippen LogP contribution in [0, 0.1) is 0 Å². The van der Waals surface area contributed by atoms with Gasteiger partial charge < -0.3 is 19.9 Å². The molecule has 0 radical (unpaired) electrons. The molecule has 2 aromatic carbocycles. The van der Waals surface area contributed by atoms with Gasteiger partial charge in [0.2, 0.25) is 10.0 Å². The summed E-state index contributed by atoms with van der Waals surface area (Å²) in [4.78, 5) is 24.3. The van der Waals surface area contributed by atoms with E-state index in [4.69, 9.17) is 4.74 Å². The predicted octanol–water partition coefficient (Wildman–Crippen LogP) is 2.22. The fraction of sp³-hybridized carbons (Fsp3) is 0.300. The number of hydrogen-bond donors (Lipinski definition) is 2. The average molecular weight is 434 g/mol. The number of ether oxygens (including phenoxy) is 2. The molecule has 0 bridgehead atoms. The number of methoxy groups -OCH3 is 2. The molecule has 1 amide bonds. The molecule has 2 N–H and O–H groups in total. The van der Waals surface area contributed by atoms with E-state index < -0.39 is 27.6 Å². The first kappa shape index (κ1) is 21.6. The van der Waals surface area contributed by atoms with Crippen LogP contribution in [-0.2, 0) is 14.8 Å². The lowest BCUT2D eigenvalue weighted by atomic mass is 10.1. The van der Waals surface area contributed by atoms with Gasteiger partial charge in [-0.25, -0.2) is 13.2 Å². The molecule has 9 nitrogen and oxygen atoms in total. The van der Waals surface area contributed by atoms with E-state index in [1.165, 1.54) is 54.9 Å². The summed E-state index contributed by atoms with van der Waals surface area (Å²) in [5.74, 6) is -1.73. The van der Waals surface area contributed by atoms with Crippen molar-refractivity contribution in [1.29, 1.82) is 0 Å². The van der Waals surface area contributed by atoms with Gasteiger partial charge in [0, 0.05) is 18.7 Å². The van der Waals surface area contributed by atoms with Gasteiger partial charge in [-0.15, -0.1) is 0 Å². The van der Waals surface area contributed by atoms with E-state index in [9.17, 15) is 23.1 Å². The number of carbonyl (C=O) groups excluding carboxylic acids is 2. The van der Waals surface area contributed by atoms with Crippen molar-refractivity contribution in [2.75, 3.05) is 32.6 Å². The van der Waals surface area contributed by atoms with Gasteiger partial charge in [-0.1, -0.05) is 6.07 Å². The number of rotatable bonds is 6. The molecule has 3 rings (SSSR count). The van der Waals surface area contributed by atoms with Crippen LogP contribution < -0.4 is 10.1 Å². The number of aromatic hydroxyl groups is 1. The third-order valence-corrected chi connectivity index (χ3v) is 6.72. The van der Waals surface area contributed by atoms with Crippen LogP contribution in [-0.4, -0.2) is 57.0 Å². The molecule has 1 aliphatic rings. The molecule has 1 saturated heterocycles. The highest BCUT2D eigenvalue weighted by Gasteiger charge is 2.30. The number of carbonyl (C=O) groups is 2. The Morgan fingerprint density at radius 2 is 1.80 bits per heavy atom. The molecule has 0 aliphatic carbocycles. The van der Waals surface area contributed by atoms with E-state index in [-0.39, 0.29) is 27.5 Å². The quantitative estimate of drug-likeness (QED) is 0.528. The number of phenols is 1. The first-order valence-corrected chi connectivity index (χ1v) is 10.6. The summed E-state index contributed by atoms with van der Waals surface area (Å²) in [6, 6.07) is 8.29. The molecule has 0 unspecified atom stereocenters. The van der Waals surface area contributed by atoms with Crippen molar-refractivity contribution >= 4 is 27.6 Å². The maximum atomic E-state index is 13.0. The molecule has 1 aliphatic heterocycles. The van der Waals surface area contributed by atoms with Crippen molar-refractivity contribution < 1.29 is 32.6 Å². The minimum atomic E-state index is -3.82. The third-order valence-electron chi connectivity index (χ3n) is 4.80. The van der Waals surface area contributed by atoms with Crippen LogP contribution in [0.4, 0.5) is 5.69 Å². The summed E-state index contributed by atoms with van der Waals surface area (Å²) in [7, 11) is -1.29. The largest absolute Gasteiger partial charge is 0.505 e. The molecule has 0 atom stereocenters. The van der Waals surface area contributed by atoms with Crippen LogP contribution in [0.3, 0.4) is 0 Å². The Morgan fingerprint density at radius 1 is 1.10 bits per heavy atom. The Bertz CT molecular complexity index is 1080. The number of nitrogens with one attached hydrogen (secondary N) is 1. The zero-order chi connectivity index (χ0) is 21.9. The molecular weight excluding hydrogens is 412 g/mol. The standard InChI is InChI=1S/C20H22N2O7S/c1-28-16-9-8-13(12-17(16)30(26,27)22-10-3-4-11-22)19(24)21-15-7-5-6-14(18(15)23)20(25)29-2/h5-9,12,23H,3-4,10-11H2,1-2H3,(H,21,24). The molecular formula is C20H22N2O7S. The highest BCUT2D eigenvalue weighted by Crippen LogP contribution is 2.31. The second kappa shape index (κ2) is 8.72. The van der Waals surface area contributed by atoms with Gasteiger partial charge >= 0.3 is 5.97 Å². The molecule has 1 fully saturated rings. The highest BCUT2D eigenvalue weighted by molar-refractivity contribution is 7.89. The number of nitrogens with zero attached hydrogens (tertiary/aromatic N) is 1. The smallest absolute Gasteiger partial charge is 0.341 e. The maximum absolute atomic E-state index is 13.0. The Morgan fingerprint density at radius 3 is 2.43 bits per heavy atom. The van der Waals surface area contributed by atoms with E-state index in [0.717, 1.165) is 12.8 Å². The average Bonchev–Trinajstić information content (AvgIpc) is 3.30. The second-order valence-corrected chi connectivity index (χ2v) is 8.53. The van der Waals surface area contributed by atoms with Crippen molar-refractivity contribution in [2.45, 2.75) is 17.7 Å². The normalized spacial score (nSPS) is 14.3. The van der Waals surface area contributed by atoms with Crippen molar-refractivity contribution in [3.8, 4) is 11.5 Å². The minimum Gasteiger partial charge on any atom is -0.505 e. The van der Waals surface area contributed by atoms with Crippen molar-refractivity contribution in [3.63, 3.8) is 0 Å². The van der Waals surface area contributed by atoms with Gasteiger partial charge in [0.05, 0.1) is 19.9 Å². The summed E-state index contributed by atoms with van der Waals surface area (Å²) in [5, 5.41) is 12.7. The van der Waals surface area contributed by atoms with Crippen LogP contribution in [0.1, 0.15) is 33.6 Å². The summed E-state index contributed by atoms with van der Waals surface area (Å²) in [5.41, 5.74) is -0.0681. The van der Waals surface area contributed by atoms with E-state index >= 15 is 0 Å². The SMILES string of the molecule is COC(=O)c1cccc(NC(=O)c2ccc(OC)c(S(=O)(=O)N3CCCC3)c2)c1O. The molecule has 10 heteroatoms. The van der Waals surface area contributed by atoms with Crippen LogP contribution in [0.15, 0.2) is 41.3 Å². The van der Waals surface area contributed by atoms with Gasteiger partial charge in [-0.2, -0.15) is 4.31 Å². The van der Waals surface area contributed by atoms with Gasteiger partial charge in [-0.3, -0.25) is 4.79 Å². The number of esters is 1. The lowest BCUT2D eigenvalue weighted by Crippen LogP contribution is -2.28. The lowest BCUT2D eigenvalue weighted by molar-refractivity contribution is 0.0597. The first-order valence-electron chi connectivity index (χ1n) is 9.19. The number of para-hydroxylation sites is 1.